The molecule has 4 heteroatoms. The van der Waals surface area contributed by atoms with E-state index in [1.165, 1.54) is 5.56 Å². The summed E-state index contributed by atoms with van der Waals surface area (Å²) in [6, 6.07) is 10.9. The molecule has 1 saturated heterocycles. The van der Waals surface area contributed by atoms with Gasteiger partial charge in [-0.25, -0.2) is 0 Å². The highest BCUT2D eigenvalue weighted by atomic mass is 16.5. The molecule has 0 radical (unpaired) electrons. The lowest BCUT2D eigenvalue weighted by molar-refractivity contribution is -0.146. The molecule has 0 aliphatic carbocycles. The van der Waals surface area contributed by atoms with Gasteiger partial charge >= 0.3 is 5.97 Å². The first-order valence-electron chi connectivity index (χ1n) is 9.27. The minimum atomic E-state index is -0.396. The van der Waals surface area contributed by atoms with Crippen LogP contribution in [0.5, 0.6) is 0 Å². The highest BCUT2D eigenvalue weighted by molar-refractivity contribution is 5.96. The van der Waals surface area contributed by atoms with Gasteiger partial charge in [-0.15, -0.1) is 0 Å². The molecular weight excluding hydrogens is 314 g/mol. The lowest BCUT2D eigenvalue weighted by Crippen LogP contribution is -2.45. The Morgan fingerprint density at radius 1 is 1.24 bits per heavy atom. The largest absolute Gasteiger partial charge is 0.466 e. The predicted octanol–water partition coefficient (Wildman–Crippen LogP) is 3.59. The van der Waals surface area contributed by atoms with Gasteiger partial charge in [-0.3, -0.25) is 9.59 Å². The molecule has 4 nitrogen and oxygen atoms in total. The van der Waals surface area contributed by atoms with E-state index < -0.39 is 5.97 Å². The topological polar surface area (TPSA) is 46.6 Å². The Hall–Kier alpha value is -1.68. The van der Waals surface area contributed by atoms with Crippen LogP contribution in [0.2, 0.25) is 0 Å². The summed E-state index contributed by atoms with van der Waals surface area (Å²) >= 11 is 0. The summed E-state index contributed by atoms with van der Waals surface area (Å²) in [7, 11) is 2.14. The highest BCUT2D eigenvalue weighted by Gasteiger charge is 2.35. The molecule has 25 heavy (non-hydrogen) atoms. The number of nitrogens with zero attached hydrogens (tertiary/aromatic N) is 1. The maximum Gasteiger partial charge on any atom is 0.313 e. The zero-order valence-corrected chi connectivity index (χ0v) is 16.0. The molecule has 1 aromatic carbocycles. The van der Waals surface area contributed by atoms with E-state index in [2.05, 4.69) is 50.1 Å². The molecule has 2 rings (SSSR count). The smallest absolute Gasteiger partial charge is 0.313 e. The summed E-state index contributed by atoms with van der Waals surface area (Å²) in [5.74, 6) is -0.390. The number of piperidine rings is 1. The molecule has 1 aliphatic rings. The monoisotopic (exact) mass is 345 g/mol. The maximum atomic E-state index is 12.5. The summed E-state index contributed by atoms with van der Waals surface area (Å²) in [5.41, 5.74) is 1.37. The van der Waals surface area contributed by atoms with E-state index in [1.807, 2.05) is 6.07 Å². The minimum absolute atomic E-state index is 0.0304. The Balaban J connectivity index is 2.00. The maximum absolute atomic E-state index is 12.5. The molecular formula is C21H31NO3. The molecule has 1 heterocycles. The fourth-order valence-corrected chi connectivity index (χ4v) is 3.79. The molecule has 0 bridgehead atoms. The normalized spacial score (nSPS) is 21.8. The predicted molar refractivity (Wildman–Crippen MR) is 99.5 cm³/mol. The third-order valence-corrected chi connectivity index (χ3v) is 5.39. The van der Waals surface area contributed by atoms with E-state index in [9.17, 15) is 9.59 Å². The SMILES string of the molecule is CCOC(=O)CC(=O)[C@H]1CCN(C)[C@H](CC(C)(C)c2ccccc2)C1. The molecule has 0 spiro atoms. The van der Waals surface area contributed by atoms with Crippen LogP contribution in [0.3, 0.4) is 0 Å². The lowest BCUT2D eigenvalue weighted by Gasteiger charge is -2.40. The van der Waals surface area contributed by atoms with E-state index >= 15 is 0 Å². The van der Waals surface area contributed by atoms with Crippen molar-refractivity contribution in [3.8, 4) is 0 Å². The summed E-state index contributed by atoms with van der Waals surface area (Å²) in [6.07, 6.45) is 2.57. The van der Waals surface area contributed by atoms with Crippen LogP contribution >= 0.6 is 0 Å². The number of carbonyl (C=O) groups is 2. The first-order valence-corrected chi connectivity index (χ1v) is 9.27. The summed E-state index contributed by atoms with van der Waals surface area (Å²) in [6.45, 7) is 7.52. The van der Waals surface area contributed by atoms with Crippen LogP contribution in [0, 0.1) is 5.92 Å². The van der Waals surface area contributed by atoms with Crippen LogP contribution in [0.4, 0.5) is 0 Å². The number of benzene rings is 1. The molecule has 138 valence electrons. The Morgan fingerprint density at radius 3 is 2.56 bits per heavy atom. The van der Waals surface area contributed by atoms with Crippen molar-refractivity contribution in [2.45, 2.75) is 57.9 Å². The van der Waals surface area contributed by atoms with Gasteiger partial charge in [-0.1, -0.05) is 44.2 Å². The van der Waals surface area contributed by atoms with Crippen LogP contribution in [0.25, 0.3) is 0 Å². The quantitative estimate of drug-likeness (QED) is 0.560. The van der Waals surface area contributed by atoms with Gasteiger partial charge in [0.1, 0.15) is 12.2 Å². The molecule has 0 saturated carbocycles. The van der Waals surface area contributed by atoms with Crippen molar-refractivity contribution in [3.05, 3.63) is 35.9 Å². The van der Waals surface area contributed by atoms with Gasteiger partial charge in [0.25, 0.3) is 0 Å². The van der Waals surface area contributed by atoms with Gasteiger partial charge < -0.3 is 9.64 Å². The van der Waals surface area contributed by atoms with Crippen molar-refractivity contribution in [2.24, 2.45) is 5.92 Å². The Kier molecular flexibility index (Phi) is 6.77. The van der Waals surface area contributed by atoms with E-state index in [1.54, 1.807) is 6.92 Å². The fraction of sp³-hybridized carbons (Fsp3) is 0.619. The first kappa shape index (κ1) is 19.6. The Labute approximate surface area is 151 Å². The fourth-order valence-electron chi connectivity index (χ4n) is 3.79. The van der Waals surface area contributed by atoms with Crippen molar-refractivity contribution in [2.75, 3.05) is 20.2 Å². The third-order valence-electron chi connectivity index (χ3n) is 5.39. The van der Waals surface area contributed by atoms with Crippen molar-refractivity contribution in [1.82, 2.24) is 4.90 Å². The molecule has 2 atom stereocenters. The van der Waals surface area contributed by atoms with E-state index in [0.717, 1.165) is 25.8 Å². The number of ketones is 1. The van der Waals surface area contributed by atoms with Crippen LogP contribution in [-0.4, -0.2) is 42.9 Å². The van der Waals surface area contributed by atoms with Crippen molar-refractivity contribution in [1.29, 1.82) is 0 Å². The van der Waals surface area contributed by atoms with Crippen LogP contribution < -0.4 is 0 Å². The first-order chi connectivity index (χ1) is 11.8. The van der Waals surface area contributed by atoms with Crippen LogP contribution in [0.1, 0.15) is 52.0 Å². The average molecular weight is 345 g/mol. The molecule has 1 aliphatic heterocycles. The number of rotatable bonds is 7. The molecule has 0 unspecified atom stereocenters. The molecule has 1 aromatic rings. The van der Waals surface area contributed by atoms with Gasteiger partial charge in [0.15, 0.2) is 0 Å². The van der Waals surface area contributed by atoms with Crippen molar-refractivity contribution in [3.63, 3.8) is 0 Å². The Morgan fingerprint density at radius 2 is 1.92 bits per heavy atom. The van der Waals surface area contributed by atoms with Gasteiger partial charge in [-0.2, -0.15) is 0 Å². The number of ether oxygens (including phenoxy) is 1. The number of carbonyl (C=O) groups excluding carboxylic acids is 2. The zero-order chi connectivity index (χ0) is 18.4. The van der Waals surface area contributed by atoms with Crippen LogP contribution in [-0.2, 0) is 19.7 Å². The molecule has 1 fully saturated rings. The third kappa shape index (κ3) is 5.40. The lowest BCUT2D eigenvalue weighted by atomic mass is 9.75. The molecule has 0 aromatic heterocycles. The van der Waals surface area contributed by atoms with Crippen LogP contribution in [0.15, 0.2) is 30.3 Å². The number of Topliss-reactive ketones (excluding diaryl/α,β-unsaturated/α-hetero) is 1. The van der Waals surface area contributed by atoms with Gasteiger partial charge in [0.2, 0.25) is 0 Å². The van der Waals surface area contributed by atoms with Crippen molar-refractivity contribution < 1.29 is 14.3 Å². The molecule has 0 N–H and O–H groups in total. The number of esters is 1. The highest BCUT2D eigenvalue weighted by Crippen LogP contribution is 2.34. The van der Waals surface area contributed by atoms with E-state index in [-0.39, 0.29) is 23.5 Å². The number of likely N-dealkylation sites (tertiary alicyclic amines) is 1. The summed E-state index contributed by atoms with van der Waals surface area (Å²) < 4.78 is 4.92. The van der Waals surface area contributed by atoms with Gasteiger partial charge in [0, 0.05) is 12.0 Å². The summed E-state index contributed by atoms with van der Waals surface area (Å²) in [4.78, 5) is 26.4. The van der Waals surface area contributed by atoms with Gasteiger partial charge in [-0.05, 0) is 50.8 Å². The molecule has 0 amide bonds. The minimum Gasteiger partial charge on any atom is -0.466 e. The second-order valence-corrected chi connectivity index (χ2v) is 7.76. The second kappa shape index (κ2) is 8.61. The Bertz CT molecular complexity index is 582. The van der Waals surface area contributed by atoms with Crippen molar-refractivity contribution >= 4 is 11.8 Å². The standard InChI is InChI=1S/C21H31NO3/c1-5-25-20(24)14-19(23)16-11-12-22(4)18(13-16)15-21(2,3)17-9-7-6-8-10-17/h6-10,16,18H,5,11-15H2,1-4H3/t16-,18-/m0/s1. The van der Waals surface area contributed by atoms with E-state index in [0.29, 0.717) is 12.6 Å². The number of hydrogen-bond acceptors (Lipinski definition) is 4. The summed E-state index contributed by atoms with van der Waals surface area (Å²) in [5, 5.41) is 0. The number of hydrogen-bond donors (Lipinski definition) is 0. The zero-order valence-electron chi connectivity index (χ0n) is 16.0. The van der Waals surface area contributed by atoms with Gasteiger partial charge in [0.05, 0.1) is 6.61 Å². The average Bonchev–Trinajstić information content (AvgIpc) is 2.57. The van der Waals surface area contributed by atoms with E-state index in [4.69, 9.17) is 4.74 Å². The second-order valence-electron chi connectivity index (χ2n) is 7.76.